The molecular weight excluding hydrogens is 219 g/mol. The Morgan fingerprint density at radius 3 is 2.58 bits per heavy atom. The molecular formula is C10H11BrF. The van der Waals surface area contributed by atoms with Gasteiger partial charge in [-0.2, -0.15) is 0 Å². The third kappa shape index (κ3) is 2.31. The maximum atomic E-state index is 12.3. The van der Waals surface area contributed by atoms with E-state index in [-0.39, 0.29) is 6.67 Å². The van der Waals surface area contributed by atoms with E-state index in [2.05, 4.69) is 15.9 Å². The third-order valence-corrected chi connectivity index (χ3v) is 2.19. The van der Waals surface area contributed by atoms with Crippen LogP contribution in [0.2, 0.25) is 0 Å². The fourth-order valence-corrected chi connectivity index (χ4v) is 1.67. The van der Waals surface area contributed by atoms with Gasteiger partial charge in [0, 0.05) is 10.4 Å². The molecule has 0 saturated heterocycles. The zero-order valence-electron chi connectivity index (χ0n) is 7.20. The first-order chi connectivity index (χ1) is 5.63. The predicted octanol–water partition coefficient (Wildman–Crippen LogP) is 3.67. The fourth-order valence-electron chi connectivity index (χ4n) is 1.06. The fraction of sp³-hybridized carbons (Fsp3) is 0.300. The van der Waals surface area contributed by atoms with Gasteiger partial charge in [0.2, 0.25) is 0 Å². The van der Waals surface area contributed by atoms with Gasteiger partial charge < -0.3 is 0 Å². The Morgan fingerprint density at radius 2 is 2.08 bits per heavy atom. The van der Waals surface area contributed by atoms with E-state index < -0.39 is 0 Å². The summed E-state index contributed by atoms with van der Waals surface area (Å²) in [4.78, 5) is 0. The van der Waals surface area contributed by atoms with Crippen LogP contribution in [0.3, 0.4) is 0 Å². The summed E-state index contributed by atoms with van der Waals surface area (Å²) in [6.07, 6.45) is 0. The average molecular weight is 230 g/mol. The summed E-state index contributed by atoms with van der Waals surface area (Å²) >= 11 is 3.37. The summed E-state index contributed by atoms with van der Waals surface area (Å²) in [7, 11) is 0. The van der Waals surface area contributed by atoms with Crippen LogP contribution in [0.5, 0.6) is 0 Å². The summed E-state index contributed by atoms with van der Waals surface area (Å²) in [5, 5.41) is 0. The van der Waals surface area contributed by atoms with Gasteiger partial charge in [0.1, 0.15) is 0 Å². The maximum Gasteiger partial charge on any atom is 0.0997 e. The van der Waals surface area contributed by atoms with Gasteiger partial charge in [0.25, 0.3) is 0 Å². The first kappa shape index (κ1) is 9.72. The lowest BCUT2D eigenvalue weighted by Gasteiger charge is -2.07. The summed E-state index contributed by atoms with van der Waals surface area (Å²) < 4.78 is 13.3. The molecule has 0 spiro atoms. The van der Waals surface area contributed by atoms with E-state index in [1.807, 2.05) is 25.1 Å². The zero-order valence-corrected chi connectivity index (χ0v) is 8.78. The molecule has 65 valence electrons. The topological polar surface area (TPSA) is 0 Å². The van der Waals surface area contributed by atoms with Gasteiger partial charge in [0.05, 0.1) is 6.67 Å². The van der Waals surface area contributed by atoms with Crippen molar-refractivity contribution in [2.45, 2.75) is 13.8 Å². The molecule has 1 radical (unpaired) electrons. The Balaban J connectivity index is 3.00. The number of alkyl halides is 1. The molecule has 1 aromatic carbocycles. The Kier molecular flexibility index (Phi) is 3.27. The van der Waals surface area contributed by atoms with Crippen molar-refractivity contribution in [3.8, 4) is 0 Å². The molecule has 0 N–H and O–H groups in total. The van der Waals surface area contributed by atoms with E-state index in [4.69, 9.17) is 0 Å². The van der Waals surface area contributed by atoms with Gasteiger partial charge in [-0.05, 0) is 30.2 Å². The van der Waals surface area contributed by atoms with Crippen molar-refractivity contribution in [1.29, 1.82) is 0 Å². The first-order valence-electron chi connectivity index (χ1n) is 3.79. The quantitative estimate of drug-likeness (QED) is 0.727. The highest BCUT2D eigenvalue weighted by Crippen LogP contribution is 2.21. The summed E-state index contributed by atoms with van der Waals surface area (Å²) in [6, 6.07) is 5.93. The smallest absolute Gasteiger partial charge is 0.0997 e. The monoisotopic (exact) mass is 229 g/mol. The van der Waals surface area contributed by atoms with Crippen LogP contribution < -0.4 is 0 Å². The third-order valence-electron chi connectivity index (χ3n) is 1.74. The molecule has 1 aromatic rings. The highest BCUT2D eigenvalue weighted by atomic mass is 79.9. The summed E-state index contributed by atoms with van der Waals surface area (Å²) in [5.41, 5.74) is 2.12. The van der Waals surface area contributed by atoms with Crippen LogP contribution in [-0.2, 0) is 0 Å². The van der Waals surface area contributed by atoms with E-state index in [1.54, 1.807) is 6.92 Å². The van der Waals surface area contributed by atoms with Crippen LogP contribution >= 0.6 is 15.9 Å². The Labute approximate surface area is 80.9 Å². The molecule has 1 rings (SSSR count). The van der Waals surface area contributed by atoms with Gasteiger partial charge in [-0.25, -0.2) is 0 Å². The van der Waals surface area contributed by atoms with E-state index in [0.717, 1.165) is 21.5 Å². The minimum absolute atomic E-state index is 0.379. The zero-order chi connectivity index (χ0) is 9.14. The minimum atomic E-state index is -0.379. The van der Waals surface area contributed by atoms with Crippen LogP contribution in [0.25, 0.3) is 0 Å². The Bertz CT molecular complexity index is 250. The number of halogens is 2. The van der Waals surface area contributed by atoms with Crippen LogP contribution in [0.1, 0.15) is 18.1 Å². The van der Waals surface area contributed by atoms with E-state index in [0.29, 0.717) is 0 Å². The average Bonchev–Trinajstić information content (AvgIpc) is 2.01. The number of hydrogen-bond donors (Lipinski definition) is 0. The van der Waals surface area contributed by atoms with Gasteiger partial charge in [-0.15, -0.1) is 0 Å². The van der Waals surface area contributed by atoms with Crippen LogP contribution in [-0.4, -0.2) is 6.67 Å². The van der Waals surface area contributed by atoms with Crippen molar-refractivity contribution >= 4 is 15.9 Å². The number of hydrogen-bond acceptors (Lipinski definition) is 0. The SMILES string of the molecule is C[C](CF)c1cc(C)cc(Br)c1. The second kappa shape index (κ2) is 4.04. The second-order valence-electron chi connectivity index (χ2n) is 2.93. The van der Waals surface area contributed by atoms with Crippen molar-refractivity contribution in [2.75, 3.05) is 6.67 Å². The van der Waals surface area contributed by atoms with E-state index in [1.165, 1.54) is 0 Å². The molecule has 0 aliphatic heterocycles. The van der Waals surface area contributed by atoms with Crippen LogP contribution in [0.15, 0.2) is 22.7 Å². The molecule has 0 saturated carbocycles. The highest BCUT2D eigenvalue weighted by Gasteiger charge is 2.06. The van der Waals surface area contributed by atoms with E-state index in [9.17, 15) is 4.39 Å². The highest BCUT2D eigenvalue weighted by molar-refractivity contribution is 9.10. The van der Waals surface area contributed by atoms with Crippen molar-refractivity contribution in [3.63, 3.8) is 0 Å². The number of benzene rings is 1. The summed E-state index contributed by atoms with van der Waals surface area (Å²) in [6.45, 7) is 3.43. The molecule has 0 atom stereocenters. The Hall–Kier alpha value is -0.370. The molecule has 0 bridgehead atoms. The maximum absolute atomic E-state index is 12.3. The molecule has 2 heteroatoms. The van der Waals surface area contributed by atoms with Crippen molar-refractivity contribution in [1.82, 2.24) is 0 Å². The second-order valence-corrected chi connectivity index (χ2v) is 3.85. The molecule has 12 heavy (non-hydrogen) atoms. The molecule has 0 fully saturated rings. The molecule has 0 aliphatic carbocycles. The summed E-state index contributed by atoms with van der Waals surface area (Å²) in [5.74, 6) is 0.777. The largest absolute Gasteiger partial charge is 0.250 e. The predicted molar refractivity (Wildman–Crippen MR) is 52.9 cm³/mol. The molecule has 0 aromatic heterocycles. The van der Waals surface area contributed by atoms with Gasteiger partial charge >= 0.3 is 0 Å². The van der Waals surface area contributed by atoms with Crippen molar-refractivity contribution in [3.05, 3.63) is 39.7 Å². The van der Waals surface area contributed by atoms with Gasteiger partial charge in [-0.1, -0.05) is 28.9 Å². The van der Waals surface area contributed by atoms with Gasteiger partial charge in [0.15, 0.2) is 0 Å². The number of rotatable bonds is 2. The van der Waals surface area contributed by atoms with E-state index >= 15 is 0 Å². The molecule has 0 nitrogen and oxygen atoms in total. The standard InChI is InChI=1S/C10H11BrF/c1-7-3-9(8(2)6-12)5-10(11)4-7/h3-5H,6H2,1-2H3. The molecule has 0 heterocycles. The van der Waals surface area contributed by atoms with Crippen LogP contribution in [0, 0.1) is 12.8 Å². The number of aryl methyl sites for hydroxylation is 1. The van der Waals surface area contributed by atoms with Crippen LogP contribution in [0.4, 0.5) is 4.39 Å². The molecule has 0 unspecified atom stereocenters. The van der Waals surface area contributed by atoms with Crippen molar-refractivity contribution in [2.24, 2.45) is 0 Å². The lowest BCUT2D eigenvalue weighted by molar-refractivity contribution is 0.516. The van der Waals surface area contributed by atoms with Gasteiger partial charge in [-0.3, -0.25) is 4.39 Å². The lowest BCUT2D eigenvalue weighted by atomic mass is 10.0. The normalized spacial score (nSPS) is 10.8. The Morgan fingerprint density at radius 1 is 1.42 bits per heavy atom. The minimum Gasteiger partial charge on any atom is -0.250 e. The lowest BCUT2D eigenvalue weighted by Crippen LogP contribution is -1.96. The first-order valence-corrected chi connectivity index (χ1v) is 4.58. The van der Waals surface area contributed by atoms with Crippen molar-refractivity contribution < 1.29 is 4.39 Å². The molecule has 0 aliphatic rings. The molecule has 0 amide bonds.